The highest BCUT2D eigenvalue weighted by molar-refractivity contribution is 6.36. The van der Waals surface area contributed by atoms with Crippen molar-refractivity contribution >= 4 is 35.0 Å². The molecule has 1 saturated carbocycles. The van der Waals surface area contributed by atoms with Crippen molar-refractivity contribution in [2.24, 2.45) is 0 Å². The molecule has 1 unspecified atom stereocenters. The standard InChI is InChI=1S/C25H30Cl2N2O3/c1-16-11-17(2)13-20(12-16)32-15-24(30)29(14-21-22(26)9-6-10-23(21)27)18(3)25(31)28-19-7-4-5-8-19/h6,9-13,18-19H,4-5,7-8,14-15H2,1-3H3,(H,28,31). The molecule has 172 valence electrons. The fraction of sp³-hybridized carbons (Fsp3) is 0.440. The molecule has 3 rings (SSSR count). The molecular formula is C25H30Cl2N2O3. The van der Waals surface area contributed by atoms with E-state index in [1.54, 1.807) is 25.1 Å². The molecule has 0 radical (unpaired) electrons. The van der Waals surface area contributed by atoms with Crippen molar-refractivity contribution in [3.05, 3.63) is 63.1 Å². The van der Waals surface area contributed by atoms with Crippen LogP contribution in [-0.2, 0) is 16.1 Å². The Bertz CT molecular complexity index is 933. The molecule has 7 heteroatoms. The van der Waals surface area contributed by atoms with Crippen molar-refractivity contribution in [2.45, 2.75) is 65.1 Å². The van der Waals surface area contributed by atoms with Crippen molar-refractivity contribution < 1.29 is 14.3 Å². The molecule has 0 bridgehead atoms. The van der Waals surface area contributed by atoms with Crippen LogP contribution in [0.4, 0.5) is 0 Å². The van der Waals surface area contributed by atoms with Gasteiger partial charge in [0.1, 0.15) is 11.8 Å². The molecule has 0 spiro atoms. The van der Waals surface area contributed by atoms with E-state index in [2.05, 4.69) is 5.32 Å². The van der Waals surface area contributed by atoms with E-state index >= 15 is 0 Å². The molecule has 32 heavy (non-hydrogen) atoms. The molecule has 1 aliphatic carbocycles. The van der Waals surface area contributed by atoms with Gasteiger partial charge in [-0.3, -0.25) is 9.59 Å². The minimum Gasteiger partial charge on any atom is -0.484 e. The van der Waals surface area contributed by atoms with Gasteiger partial charge in [-0.25, -0.2) is 0 Å². The van der Waals surface area contributed by atoms with Crippen LogP contribution in [0, 0.1) is 13.8 Å². The normalized spacial score (nSPS) is 14.8. The molecule has 1 atom stereocenters. The second-order valence-electron chi connectivity index (χ2n) is 8.50. The van der Waals surface area contributed by atoms with Crippen LogP contribution in [0.15, 0.2) is 36.4 Å². The summed E-state index contributed by atoms with van der Waals surface area (Å²) in [5.41, 5.74) is 2.71. The van der Waals surface area contributed by atoms with Gasteiger partial charge in [-0.05, 0) is 69.0 Å². The maximum Gasteiger partial charge on any atom is 0.261 e. The monoisotopic (exact) mass is 476 g/mol. The average Bonchev–Trinajstić information content (AvgIpc) is 3.24. The van der Waals surface area contributed by atoms with Crippen molar-refractivity contribution in [3.8, 4) is 5.75 Å². The third-order valence-corrected chi connectivity index (χ3v) is 6.52. The van der Waals surface area contributed by atoms with E-state index in [1.807, 2.05) is 32.0 Å². The van der Waals surface area contributed by atoms with E-state index in [0.717, 1.165) is 36.8 Å². The summed E-state index contributed by atoms with van der Waals surface area (Å²) in [5, 5.41) is 3.98. The van der Waals surface area contributed by atoms with Gasteiger partial charge in [0.15, 0.2) is 6.61 Å². The molecule has 0 aromatic heterocycles. The highest BCUT2D eigenvalue weighted by Crippen LogP contribution is 2.27. The van der Waals surface area contributed by atoms with Gasteiger partial charge in [-0.2, -0.15) is 0 Å². The van der Waals surface area contributed by atoms with Crippen LogP contribution in [0.25, 0.3) is 0 Å². The van der Waals surface area contributed by atoms with E-state index in [1.165, 1.54) is 4.90 Å². The number of rotatable bonds is 8. The number of carbonyl (C=O) groups is 2. The van der Waals surface area contributed by atoms with Gasteiger partial charge in [0.05, 0.1) is 0 Å². The first-order valence-corrected chi connectivity index (χ1v) is 11.7. The largest absolute Gasteiger partial charge is 0.484 e. The Labute approximate surface area is 200 Å². The van der Waals surface area contributed by atoms with E-state index in [-0.39, 0.29) is 31.0 Å². The lowest BCUT2D eigenvalue weighted by Crippen LogP contribution is -2.50. The Kier molecular flexibility index (Phi) is 8.44. The number of hydrogen-bond acceptors (Lipinski definition) is 3. The Balaban J connectivity index is 1.78. The summed E-state index contributed by atoms with van der Waals surface area (Å²) in [7, 11) is 0. The first-order chi connectivity index (χ1) is 15.2. The number of hydrogen-bond donors (Lipinski definition) is 1. The number of ether oxygens (including phenoxy) is 1. The third-order valence-electron chi connectivity index (χ3n) is 5.82. The van der Waals surface area contributed by atoms with E-state index < -0.39 is 6.04 Å². The Morgan fingerprint density at radius 1 is 1.09 bits per heavy atom. The number of halogens is 2. The molecule has 2 amide bonds. The fourth-order valence-corrected chi connectivity index (χ4v) is 4.59. The lowest BCUT2D eigenvalue weighted by Gasteiger charge is -2.30. The molecule has 2 aromatic rings. The molecule has 1 aliphatic rings. The summed E-state index contributed by atoms with van der Waals surface area (Å²) in [5.74, 6) is 0.128. The first kappa shape index (κ1) is 24.4. The van der Waals surface area contributed by atoms with Crippen LogP contribution in [-0.4, -0.2) is 35.4 Å². The van der Waals surface area contributed by atoms with Crippen LogP contribution in [0.3, 0.4) is 0 Å². The van der Waals surface area contributed by atoms with Gasteiger partial charge in [0.2, 0.25) is 5.91 Å². The van der Waals surface area contributed by atoms with Crippen LogP contribution in [0.2, 0.25) is 10.0 Å². The van der Waals surface area contributed by atoms with Crippen molar-refractivity contribution in [1.29, 1.82) is 0 Å². The van der Waals surface area contributed by atoms with Gasteiger partial charge in [0, 0.05) is 28.2 Å². The fourth-order valence-electron chi connectivity index (χ4n) is 4.07. The molecule has 2 aromatic carbocycles. The SMILES string of the molecule is Cc1cc(C)cc(OCC(=O)N(Cc2c(Cl)cccc2Cl)C(C)C(=O)NC2CCCC2)c1. The predicted octanol–water partition coefficient (Wildman–Crippen LogP) is 5.47. The highest BCUT2D eigenvalue weighted by atomic mass is 35.5. The summed E-state index contributed by atoms with van der Waals surface area (Å²) >= 11 is 12.7. The number of nitrogens with zero attached hydrogens (tertiary/aromatic N) is 1. The number of nitrogens with one attached hydrogen (secondary N) is 1. The maximum absolute atomic E-state index is 13.2. The van der Waals surface area contributed by atoms with E-state index in [0.29, 0.717) is 21.4 Å². The van der Waals surface area contributed by atoms with Gasteiger partial charge in [0.25, 0.3) is 5.91 Å². The Hall–Kier alpha value is -2.24. The van der Waals surface area contributed by atoms with E-state index in [9.17, 15) is 9.59 Å². The zero-order valence-electron chi connectivity index (χ0n) is 18.8. The zero-order chi connectivity index (χ0) is 23.3. The topological polar surface area (TPSA) is 58.6 Å². The summed E-state index contributed by atoms with van der Waals surface area (Å²) in [6.07, 6.45) is 4.17. The predicted molar refractivity (Wildman–Crippen MR) is 128 cm³/mol. The lowest BCUT2D eigenvalue weighted by atomic mass is 10.1. The summed E-state index contributed by atoms with van der Waals surface area (Å²) in [4.78, 5) is 27.7. The van der Waals surface area contributed by atoms with Gasteiger partial charge in [-0.1, -0.05) is 48.2 Å². The summed E-state index contributed by atoms with van der Waals surface area (Å²) < 4.78 is 5.78. The minimum atomic E-state index is -0.696. The quantitative estimate of drug-likeness (QED) is 0.549. The van der Waals surface area contributed by atoms with Gasteiger partial charge < -0.3 is 15.0 Å². The Morgan fingerprint density at radius 2 is 1.69 bits per heavy atom. The third kappa shape index (κ3) is 6.39. The molecule has 0 saturated heterocycles. The summed E-state index contributed by atoms with van der Waals surface area (Å²) in [6, 6.07) is 10.5. The van der Waals surface area contributed by atoms with Crippen LogP contribution >= 0.6 is 23.2 Å². The number of amides is 2. The van der Waals surface area contributed by atoms with Crippen LogP contribution in [0.1, 0.15) is 49.3 Å². The molecule has 0 aliphatic heterocycles. The minimum absolute atomic E-state index is 0.118. The van der Waals surface area contributed by atoms with Gasteiger partial charge >= 0.3 is 0 Å². The van der Waals surface area contributed by atoms with Crippen LogP contribution in [0.5, 0.6) is 5.75 Å². The molecule has 5 nitrogen and oxygen atoms in total. The Morgan fingerprint density at radius 3 is 2.28 bits per heavy atom. The number of benzene rings is 2. The van der Waals surface area contributed by atoms with Crippen molar-refractivity contribution in [1.82, 2.24) is 10.2 Å². The lowest BCUT2D eigenvalue weighted by molar-refractivity contribution is -0.142. The molecule has 1 fully saturated rings. The van der Waals surface area contributed by atoms with E-state index in [4.69, 9.17) is 27.9 Å². The summed E-state index contributed by atoms with van der Waals surface area (Å²) in [6.45, 7) is 5.61. The zero-order valence-corrected chi connectivity index (χ0v) is 20.3. The van der Waals surface area contributed by atoms with Crippen LogP contribution < -0.4 is 10.1 Å². The molecule has 1 N–H and O–H groups in total. The van der Waals surface area contributed by atoms with Gasteiger partial charge in [-0.15, -0.1) is 0 Å². The number of carbonyl (C=O) groups excluding carboxylic acids is 2. The molecular weight excluding hydrogens is 447 g/mol. The maximum atomic E-state index is 13.2. The van der Waals surface area contributed by atoms with Crippen molar-refractivity contribution in [3.63, 3.8) is 0 Å². The second kappa shape index (κ2) is 11.1. The smallest absolute Gasteiger partial charge is 0.261 e. The van der Waals surface area contributed by atoms with Crippen molar-refractivity contribution in [2.75, 3.05) is 6.61 Å². The average molecular weight is 477 g/mol. The number of aryl methyl sites for hydroxylation is 2. The second-order valence-corrected chi connectivity index (χ2v) is 9.31. The first-order valence-electron chi connectivity index (χ1n) is 11.0. The molecule has 0 heterocycles. The highest BCUT2D eigenvalue weighted by Gasteiger charge is 2.29.